The third kappa shape index (κ3) is 4.84. The van der Waals surface area contributed by atoms with E-state index in [1.807, 2.05) is 35.3 Å². The second-order valence-corrected chi connectivity index (χ2v) is 8.80. The fraction of sp³-hybridized carbons (Fsp3) is 0.160. The highest BCUT2D eigenvalue weighted by Gasteiger charge is 2.16. The Labute approximate surface area is 199 Å². The lowest BCUT2D eigenvalue weighted by molar-refractivity contribution is 0.201. The average Bonchev–Trinajstić information content (AvgIpc) is 3.56. The van der Waals surface area contributed by atoms with Crippen molar-refractivity contribution >= 4 is 28.3 Å². The van der Waals surface area contributed by atoms with Gasteiger partial charge in [0.15, 0.2) is 0 Å². The first-order valence-corrected chi connectivity index (χ1v) is 11.6. The first-order valence-electron chi connectivity index (χ1n) is 10.8. The minimum Gasteiger partial charge on any atom is -0.397 e. The van der Waals surface area contributed by atoms with E-state index in [0.29, 0.717) is 15.8 Å². The molecule has 3 heterocycles. The van der Waals surface area contributed by atoms with Crippen molar-refractivity contribution in [3.8, 4) is 15.8 Å². The van der Waals surface area contributed by atoms with Gasteiger partial charge in [0.1, 0.15) is 16.5 Å². The molecule has 0 aliphatic carbocycles. The second kappa shape index (κ2) is 9.48. The van der Waals surface area contributed by atoms with Crippen molar-refractivity contribution < 1.29 is 13.9 Å². The van der Waals surface area contributed by atoms with Crippen molar-refractivity contribution in [2.45, 2.75) is 26.4 Å². The molecule has 7 nitrogen and oxygen atoms in total. The zero-order chi connectivity index (χ0) is 23.5. The highest BCUT2D eigenvalue weighted by molar-refractivity contribution is 7.17. The normalized spacial score (nSPS) is 11.1. The molecule has 0 unspecified atom stereocenters. The smallest absolute Gasteiger partial charge is 0.397 e. The number of carbonyl (C=O) groups is 1. The molecular formula is C25H22FN5O2S. The fourth-order valence-corrected chi connectivity index (χ4v) is 4.54. The summed E-state index contributed by atoms with van der Waals surface area (Å²) in [5.41, 5.74) is 4.50. The molecule has 1 amide bonds. The number of nitrogens with one attached hydrogen (secondary N) is 2. The van der Waals surface area contributed by atoms with Gasteiger partial charge >= 0.3 is 6.09 Å². The minimum absolute atomic E-state index is 0.241. The highest BCUT2D eigenvalue weighted by atomic mass is 32.1. The van der Waals surface area contributed by atoms with Gasteiger partial charge in [0.05, 0.1) is 5.69 Å². The molecule has 172 valence electrons. The molecule has 9 heteroatoms. The summed E-state index contributed by atoms with van der Waals surface area (Å²) in [6.07, 6.45) is 4.23. The van der Waals surface area contributed by atoms with E-state index in [1.54, 1.807) is 19.1 Å². The number of nitrogens with zero attached hydrogens (tertiary/aromatic N) is 3. The van der Waals surface area contributed by atoms with Gasteiger partial charge in [-0.15, -0.1) is 0 Å². The number of aromatic amines is 1. The number of rotatable bonds is 7. The molecule has 0 saturated heterocycles. The van der Waals surface area contributed by atoms with Crippen LogP contribution in [0, 0.1) is 12.7 Å². The molecule has 0 aliphatic heterocycles. The summed E-state index contributed by atoms with van der Waals surface area (Å²) in [6.45, 7) is 2.77. The molecule has 5 aromatic rings. The van der Waals surface area contributed by atoms with E-state index < -0.39 is 6.09 Å². The van der Waals surface area contributed by atoms with Gasteiger partial charge in [-0.05, 0) is 48.7 Å². The van der Waals surface area contributed by atoms with Crippen molar-refractivity contribution in [1.82, 2.24) is 25.1 Å². The minimum atomic E-state index is -0.591. The number of H-pyrrole nitrogens is 1. The van der Waals surface area contributed by atoms with Gasteiger partial charge in [-0.3, -0.25) is 4.68 Å². The number of aryl methyl sites for hydroxylation is 3. The predicted molar refractivity (Wildman–Crippen MR) is 129 cm³/mol. The number of benzene rings is 2. The van der Waals surface area contributed by atoms with Crippen molar-refractivity contribution in [3.05, 3.63) is 89.6 Å². The summed E-state index contributed by atoms with van der Waals surface area (Å²) in [7, 11) is 0. The van der Waals surface area contributed by atoms with Crippen LogP contribution < -0.4 is 10.1 Å². The molecule has 34 heavy (non-hydrogen) atoms. The topological polar surface area (TPSA) is 84.8 Å². The summed E-state index contributed by atoms with van der Waals surface area (Å²) < 4.78 is 20.3. The molecule has 0 atom stereocenters. The average molecular weight is 476 g/mol. The van der Waals surface area contributed by atoms with E-state index in [0.717, 1.165) is 29.7 Å². The molecule has 0 aliphatic rings. The van der Waals surface area contributed by atoms with Crippen LogP contribution in [0.25, 0.3) is 21.6 Å². The molecule has 0 saturated carbocycles. The van der Waals surface area contributed by atoms with E-state index in [4.69, 9.17) is 4.74 Å². The molecule has 0 radical (unpaired) electrons. The third-order valence-electron chi connectivity index (χ3n) is 5.43. The van der Waals surface area contributed by atoms with E-state index in [-0.39, 0.29) is 12.4 Å². The lowest BCUT2D eigenvalue weighted by Crippen LogP contribution is -2.26. The molecular weight excluding hydrogens is 453 g/mol. The maximum Gasteiger partial charge on any atom is 0.413 e. The predicted octanol–water partition coefficient (Wildman–Crippen LogP) is 5.47. The number of hydrogen-bond donors (Lipinski definition) is 2. The first kappa shape index (κ1) is 21.8. The number of ether oxygens (including phenoxy) is 1. The van der Waals surface area contributed by atoms with Crippen LogP contribution in [-0.4, -0.2) is 25.8 Å². The Morgan fingerprint density at radius 2 is 2.00 bits per heavy atom. The highest BCUT2D eigenvalue weighted by Crippen LogP contribution is 2.33. The molecule has 5 rings (SSSR count). The summed E-state index contributed by atoms with van der Waals surface area (Å²) in [5, 5.41) is 9.64. The molecule has 2 aromatic carbocycles. The fourth-order valence-electron chi connectivity index (χ4n) is 3.66. The molecule has 0 fully saturated rings. The summed E-state index contributed by atoms with van der Waals surface area (Å²) >= 11 is 1.27. The van der Waals surface area contributed by atoms with Crippen LogP contribution in [0.15, 0.2) is 67.0 Å². The quantitative estimate of drug-likeness (QED) is 0.327. The van der Waals surface area contributed by atoms with Gasteiger partial charge in [0.2, 0.25) is 5.06 Å². The standard InChI is InChI=1S/C25H22FN5O2S/c1-16-24(33-25(32)28-14-17-6-8-19(26)9-7-17)34-23(29-16)22-11-13-31(30-22)12-10-18-15-27-21-5-3-2-4-20(18)21/h2-9,11,13,15,27H,10,12,14H2,1H3,(H,28,32). The number of hydrogen-bond acceptors (Lipinski definition) is 5. The maximum atomic E-state index is 13.0. The molecule has 0 spiro atoms. The molecule has 2 N–H and O–H groups in total. The van der Waals surface area contributed by atoms with Gasteiger partial charge in [-0.25, -0.2) is 14.2 Å². The number of aromatic nitrogens is 4. The SMILES string of the molecule is Cc1nc(-c2ccn(CCc3c[nH]c4ccccc34)n2)sc1OC(=O)NCc1ccc(F)cc1. The Balaban J connectivity index is 1.20. The summed E-state index contributed by atoms with van der Waals surface area (Å²) in [4.78, 5) is 20.0. The number of para-hydroxylation sites is 1. The van der Waals surface area contributed by atoms with Gasteiger partial charge in [-0.2, -0.15) is 5.10 Å². The first-order chi connectivity index (χ1) is 16.5. The van der Waals surface area contributed by atoms with Crippen LogP contribution in [0.5, 0.6) is 5.06 Å². The second-order valence-electron chi connectivity index (χ2n) is 7.83. The van der Waals surface area contributed by atoms with Crippen LogP contribution in [-0.2, 0) is 19.5 Å². The Kier molecular flexibility index (Phi) is 6.09. The Morgan fingerprint density at radius 1 is 1.18 bits per heavy atom. The van der Waals surface area contributed by atoms with Crippen LogP contribution in [0.3, 0.4) is 0 Å². The van der Waals surface area contributed by atoms with Crippen molar-refractivity contribution in [2.75, 3.05) is 0 Å². The zero-order valence-electron chi connectivity index (χ0n) is 18.4. The van der Waals surface area contributed by atoms with E-state index in [1.165, 1.54) is 34.4 Å². The van der Waals surface area contributed by atoms with Gasteiger partial charge in [0, 0.05) is 36.4 Å². The lowest BCUT2D eigenvalue weighted by atomic mass is 10.1. The zero-order valence-corrected chi connectivity index (χ0v) is 19.2. The third-order valence-corrected chi connectivity index (χ3v) is 6.49. The van der Waals surface area contributed by atoms with E-state index >= 15 is 0 Å². The summed E-state index contributed by atoms with van der Waals surface area (Å²) in [6, 6.07) is 16.1. The number of thiazole rings is 1. The van der Waals surface area contributed by atoms with Crippen LogP contribution >= 0.6 is 11.3 Å². The van der Waals surface area contributed by atoms with Gasteiger partial charge in [-0.1, -0.05) is 41.7 Å². The van der Waals surface area contributed by atoms with Gasteiger partial charge in [0.25, 0.3) is 0 Å². The van der Waals surface area contributed by atoms with E-state index in [2.05, 4.69) is 32.5 Å². The van der Waals surface area contributed by atoms with Crippen LogP contribution in [0.2, 0.25) is 0 Å². The Hall–Kier alpha value is -3.98. The van der Waals surface area contributed by atoms with Crippen molar-refractivity contribution in [3.63, 3.8) is 0 Å². The number of fused-ring (bicyclic) bond motifs is 1. The maximum absolute atomic E-state index is 13.0. The largest absolute Gasteiger partial charge is 0.413 e. The van der Waals surface area contributed by atoms with Crippen molar-refractivity contribution in [2.24, 2.45) is 0 Å². The van der Waals surface area contributed by atoms with E-state index in [9.17, 15) is 9.18 Å². The summed E-state index contributed by atoms with van der Waals surface area (Å²) in [5.74, 6) is -0.320. The lowest BCUT2D eigenvalue weighted by Gasteiger charge is -2.05. The van der Waals surface area contributed by atoms with Crippen LogP contribution in [0.4, 0.5) is 9.18 Å². The number of carbonyl (C=O) groups excluding carboxylic acids is 1. The number of amides is 1. The van der Waals surface area contributed by atoms with Gasteiger partial charge < -0.3 is 15.0 Å². The Bertz CT molecular complexity index is 1440. The Morgan fingerprint density at radius 3 is 2.85 bits per heavy atom. The number of halogens is 1. The van der Waals surface area contributed by atoms with Crippen LogP contribution in [0.1, 0.15) is 16.8 Å². The van der Waals surface area contributed by atoms with Crippen molar-refractivity contribution in [1.29, 1.82) is 0 Å². The monoisotopic (exact) mass is 475 g/mol. The molecule has 3 aromatic heterocycles. The molecule has 0 bridgehead atoms.